The molecule has 0 aliphatic carbocycles. The Morgan fingerprint density at radius 2 is 2.00 bits per heavy atom. The number of nitrogens with one attached hydrogen (secondary N) is 3. The SMILES string of the molecule is CC(Cc1ccsc1)NC(=O)NCc1ccccc1NS(C)(=O)=O. The van der Waals surface area contributed by atoms with Crippen molar-refractivity contribution in [2.24, 2.45) is 0 Å². The van der Waals surface area contributed by atoms with Crippen molar-refractivity contribution in [2.45, 2.75) is 25.9 Å². The van der Waals surface area contributed by atoms with Crippen LogP contribution < -0.4 is 15.4 Å². The molecule has 0 saturated heterocycles. The molecule has 1 aromatic carbocycles. The molecule has 1 unspecified atom stereocenters. The third-order valence-corrected chi connectivity index (χ3v) is 4.57. The van der Waals surface area contributed by atoms with Gasteiger partial charge in [-0.25, -0.2) is 13.2 Å². The summed E-state index contributed by atoms with van der Waals surface area (Å²) in [6, 6.07) is 8.71. The zero-order chi connectivity index (χ0) is 17.6. The maximum absolute atomic E-state index is 12.0. The number of hydrogen-bond donors (Lipinski definition) is 3. The summed E-state index contributed by atoms with van der Waals surface area (Å²) in [6.45, 7) is 2.17. The number of urea groups is 1. The number of thiophene rings is 1. The van der Waals surface area contributed by atoms with E-state index in [1.807, 2.05) is 18.4 Å². The lowest BCUT2D eigenvalue weighted by Gasteiger charge is -2.15. The van der Waals surface area contributed by atoms with Crippen molar-refractivity contribution in [1.29, 1.82) is 0 Å². The van der Waals surface area contributed by atoms with Gasteiger partial charge in [0.1, 0.15) is 0 Å². The molecule has 8 heteroatoms. The van der Waals surface area contributed by atoms with Crippen molar-refractivity contribution >= 4 is 33.1 Å². The van der Waals surface area contributed by atoms with Gasteiger partial charge in [-0.3, -0.25) is 4.72 Å². The number of benzene rings is 1. The van der Waals surface area contributed by atoms with Gasteiger partial charge in [0.25, 0.3) is 0 Å². The first-order valence-corrected chi connectivity index (χ1v) is 10.3. The van der Waals surface area contributed by atoms with Gasteiger partial charge in [0, 0.05) is 12.6 Å². The van der Waals surface area contributed by atoms with Crippen molar-refractivity contribution in [3.8, 4) is 0 Å². The van der Waals surface area contributed by atoms with Gasteiger partial charge < -0.3 is 10.6 Å². The van der Waals surface area contributed by atoms with Crippen LogP contribution in [0.25, 0.3) is 0 Å². The van der Waals surface area contributed by atoms with Crippen LogP contribution in [0.3, 0.4) is 0 Å². The van der Waals surface area contributed by atoms with E-state index in [4.69, 9.17) is 0 Å². The van der Waals surface area contributed by atoms with E-state index in [1.54, 1.807) is 35.6 Å². The van der Waals surface area contributed by atoms with E-state index in [2.05, 4.69) is 20.7 Å². The van der Waals surface area contributed by atoms with Crippen LogP contribution in [0.5, 0.6) is 0 Å². The predicted molar refractivity (Wildman–Crippen MR) is 97.8 cm³/mol. The molecule has 0 radical (unpaired) electrons. The van der Waals surface area contributed by atoms with Gasteiger partial charge >= 0.3 is 6.03 Å². The van der Waals surface area contributed by atoms with E-state index in [-0.39, 0.29) is 18.6 Å². The minimum Gasteiger partial charge on any atom is -0.335 e. The number of anilines is 1. The fourth-order valence-electron chi connectivity index (χ4n) is 2.24. The molecule has 24 heavy (non-hydrogen) atoms. The minimum absolute atomic E-state index is 0.00369. The molecule has 0 saturated carbocycles. The highest BCUT2D eigenvalue weighted by Gasteiger charge is 2.10. The molecule has 2 amide bonds. The third kappa shape index (κ3) is 6.21. The first-order chi connectivity index (χ1) is 11.3. The van der Waals surface area contributed by atoms with E-state index < -0.39 is 10.0 Å². The first kappa shape index (κ1) is 18.3. The molecule has 0 fully saturated rings. The van der Waals surface area contributed by atoms with Crippen molar-refractivity contribution in [1.82, 2.24) is 10.6 Å². The van der Waals surface area contributed by atoms with E-state index in [9.17, 15) is 13.2 Å². The molecule has 1 atom stereocenters. The summed E-state index contributed by atoms with van der Waals surface area (Å²) in [5.41, 5.74) is 2.35. The normalized spacial score (nSPS) is 12.4. The lowest BCUT2D eigenvalue weighted by atomic mass is 10.1. The zero-order valence-corrected chi connectivity index (χ0v) is 15.2. The number of rotatable bonds is 7. The molecule has 1 heterocycles. The quantitative estimate of drug-likeness (QED) is 0.703. The number of sulfonamides is 1. The molecule has 0 bridgehead atoms. The van der Waals surface area contributed by atoms with Crippen LogP contribution in [0.15, 0.2) is 41.1 Å². The number of para-hydroxylation sites is 1. The van der Waals surface area contributed by atoms with Crippen LogP contribution in [0.2, 0.25) is 0 Å². The largest absolute Gasteiger partial charge is 0.335 e. The summed E-state index contributed by atoms with van der Waals surface area (Å²) in [4.78, 5) is 12.0. The minimum atomic E-state index is -3.36. The summed E-state index contributed by atoms with van der Waals surface area (Å²) in [5, 5.41) is 9.69. The van der Waals surface area contributed by atoms with Crippen molar-refractivity contribution in [3.05, 3.63) is 52.2 Å². The van der Waals surface area contributed by atoms with Gasteiger partial charge in [-0.2, -0.15) is 11.3 Å². The lowest BCUT2D eigenvalue weighted by Crippen LogP contribution is -2.41. The summed E-state index contributed by atoms with van der Waals surface area (Å²) in [7, 11) is -3.36. The molecule has 1 aromatic heterocycles. The standard InChI is InChI=1S/C16H21N3O3S2/c1-12(9-13-7-8-23-11-13)18-16(20)17-10-14-5-3-4-6-15(14)19-24(2,21)22/h3-8,11-12,19H,9-10H2,1-2H3,(H2,17,18,20). The average molecular weight is 367 g/mol. The van der Waals surface area contributed by atoms with Gasteiger partial charge in [0.2, 0.25) is 10.0 Å². The topological polar surface area (TPSA) is 87.3 Å². The summed E-state index contributed by atoms with van der Waals surface area (Å²) < 4.78 is 25.2. The highest BCUT2D eigenvalue weighted by Crippen LogP contribution is 2.16. The maximum Gasteiger partial charge on any atom is 0.315 e. The number of amides is 2. The smallest absolute Gasteiger partial charge is 0.315 e. The molecule has 0 aliphatic rings. The van der Waals surface area contributed by atoms with Crippen molar-refractivity contribution in [3.63, 3.8) is 0 Å². The predicted octanol–water partition coefficient (Wildman–Crippen LogP) is 2.55. The molecule has 6 nitrogen and oxygen atoms in total. The van der Waals surface area contributed by atoms with E-state index >= 15 is 0 Å². The summed E-state index contributed by atoms with van der Waals surface area (Å²) in [5.74, 6) is 0. The van der Waals surface area contributed by atoms with Gasteiger partial charge in [0.15, 0.2) is 0 Å². The number of hydrogen-bond acceptors (Lipinski definition) is 4. The lowest BCUT2D eigenvalue weighted by molar-refractivity contribution is 0.237. The number of carbonyl (C=O) groups excluding carboxylic acids is 1. The van der Waals surface area contributed by atoms with E-state index in [0.717, 1.165) is 12.7 Å². The zero-order valence-electron chi connectivity index (χ0n) is 13.6. The van der Waals surface area contributed by atoms with Crippen LogP contribution in [-0.4, -0.2) is 26.7 Å². The molecule has 0 aliphatic heterocycles. The van der Waals surface area contributed by atoms with Gasteiger partial charge in [-0.15, -0.1) is 0 Å². The first-order valence-electron chi connectivity index (χ1n) is 7.44. The molecule has 130 valence electrons. The highest BCUT2D eigenvalue weighted by atomic mass is 32.2. The number of carbonyl (C=O) groups is 1. The van der Waals surface area contributed by atoms with Crippen LogP contribution in [0, 0.1) is 0 Å². The second-order valence-corrected chi connectivity index (χ2v) is 8.12. The highest BCUT2D eigenvalue weighted by molar-refractivity contribution is 7.92. The Morgan fingerprint density at radius 3 is 2.67 bits per heavy atom. The second-order valence-electron chi connectivity index (χ2n) is 5.60. The molecular weight excluding hydrogens is 346 g/mol. The van der Waals surface area contributed by atoms with Gasteiger partial charge in [0.05, 0.1) is 11.9 Å². The fourth-order valence-corrected chi connectivity index (χ4v) is 3.52. The monoisotopic (exact) mass is 367 g/mol. The van der Waals surface area contributed by atoms with Crippen LogP contribution >= 0.6 is 11.3 Å². The summed E-state index contributed by atoms with van der Waals surface area (Å²) >= 11 is 1.63. The average Bonchev–Trinajstić information content (AvgIpc) is 2.97. The van der Waals surface area contributed by atoms with Crippen molar-refractivity contribution in [2.75, 3.05) is 11.0 Å². The Balaban J connectivity index is 1.87. The molecule has 2 aromatic rings. The molecule has 0 spiro atoms. The Hall–Kier alpha value is -2.06. The fraction of sp³-hybridized carbons (Fsp3) is 0.312. The van der Waals surface area contributed by atoms with Crippen molar-refractivity contribution < 1.29 is 13.2 Å². The Kier molecular flexibility index (Phi) is 6.22. The van der Waals surface area contributed by atoms with Crippen LogP contribution in [0.4, 0.5) is 10.5 Å². The molecule has 2 rings (SSSR count). The summed E-state index contributed by atoms with van der Waals surface area (Å²) in [6.07, 6.45) is 1.86. The van der Waals surface area contributed by atoms with Gasteiger partial charge in [-0.05, 0) is 47.4 Å². The Bertz CT molecular complexity index is 774. The Morgan fingerprint density at radius 1 is 1.25 bits per heavy atom. The third-order valence-electron chi connectivity index (χ3n) is 3.25. The van der Waals surface area contributed by atoms with Crippen LogP contribution in [0.1, 0.15) is 18.1 Å². The van der Waals surface area contributed by atoms with E-state index in [1.165, 1.54) is 5.56 Å². The molecule has 3 N–H and O–H groups in total. The maximum atomic E-state index is 12.0. The van der Waals surface area contributed by atoms with Crippen LogP contribution in [-0.2, 0) is 23.0 Å². The van der Waals surface area contributed by atoms with Gasteiger partial charge in [-0.1, -0.05) is 18.2 Å². The second kappa shape index (κ2) is 8.16. The van der Waals surface area contributed by atoms with E-state index in [0.29, 0.717) is 11.3 Å². The Labute approximate surface area is 146 Å². The molecular formula is C16H21N3O3S2.